The lowest BCUT2D eigenvalue weighted by Gasteiger charge is -2.15. The van der Waals surface area contributed by atoms with Gasteiger partial charge < -0.3 is 0 Å². The van der Waals surface area contributed by atoms with Crippen LogP contribution in [0.25, 0.3) is 0 Å². The fourth-order valence-corrected chi connectivity index (χ4v) is 3.35. The Hall–Kier alpha value is -0.260. The Labute approximate surface area is 148 Å². The van der Waals surface area contributed by atoms with E-state index in [4.69, 9.17) is 0 Å². The van der Waals surface area contributed by atoms with E-state index in [9.17, 15) is 0 Å². The van der Waals surface area contributed by atoms with Gasteiger partial charge in [0.05, 0.1) is 0 Å². The molecule has 0 aromatic heterocycles. The van der Waals surface area contributed by atoms with Gasteiger partial charge in [0.25, 0.3) is 0 Å². The smallest absolute Gasteiger partial charge is 0.0351 e. The first-order valence-electron chi connectivity index (χ1n) is 10.6. The maximum atomic E-state index is 3.92. The molecule has 0 heteroatoms. The second kappa shape index (κ2) is 19.8. The van der Waals surface area contributed by atoms with E-state index in [0.717, 1.165) is 18.8 Å². The second-order valence-corrected chi connectivity index (χ2v) is 7.17. The zero-order chi connectivity index (χ0) is 17.0. The molecule has 1 atom stereocenters. The summed E-state index contributed by atoms with van der Waals surface area (Å²) >= 11 is 0. The van der Waals surface area contributed by atoms with Crippen molar-refractivity contribution >= 4 is 0 Å². The van der Waals surface area contributed by atoms with Crippen LogP contribution in [-0.4, -0.2) is 0 Å². The fraction of sp³-hybridized carbons (Fsp3) is 0.826. The normalized spacial score (nSPS) is 13.0. The van der Waals surface area contributed by atoms with Crippen LogP contribution in [0.1, 0.15) is 116 Å². The molecule has 0 saturated carbocycles. The van der Waals surface area contributed by atoms with E-state index in [-0.39, 0.29) is 0 Å². The number of unbranched alkanes of at least 4 members (excludes halogenated alkanes) is 10. The predicted molar refractivity (Wildman–Crippen MR) is 108 cm³/mol. The minimum Gasteiger partial charge on any atom is -0.0885 e. The fourth-order valence-electron chi connectivity index (χ4n) is 3.35. The van der Waals surface area contributed by atoms with Gasteiger partial charge in [-0.2, -0.15) is 0 Å². The zero-order valence-corrected chi connectivity index (χ0v) is 16.2. The third kappa shape index (κ3) is 17.9. The molecule has 0 bridgehead atoms. The van der Waals surface area contributed by atoms with Gasteiger partial charge in [-0.1, -0.05) is 116 Å². The van der Waals surface area contributed by atoms with Crippen molar-refractivity contribution in [1.29, 1.82) is 0 Å². The zero-order valence-electron chi connectivity index (χ0n) is 16.2. The lowest BCUT2D eigenvalue weighted by atomic mass is 9.91. The molecule has 0 aromatic carbocycles. The van der Waals surface area contributed by atoms with E-state index in [1.165, 1.54) is 96.3 Å². The van der Waals surface area contributed by atoms with Crippen molar-refractivity contribution in [3.63, 3.8) is 0 Å². The van der Waals surface area contributed by atoms with Gasteiger partial charge in [0, 0.05) is 0 Å². The standard InChI is InChI=1S/C23H44/c1-4-7-9-11-13-15-17-19-22-23(20-6-3)21-18-16-14-12-10-8-5-2/h11,13,23H,1-2,4-10,12,14-22H2,3H3. The summed E-state index contributed by atoms with van der Waals surface area (Å²) in [4.78, 5) is 0. The highest BCUT2D eigenvalue weighted by atomic mass is 14.1. The molecule has 0 fully saturated rings. The highest BCUT2D eigenvalue weighted by Gasteiger charge is 2.07. The van der Waals surface area contributed by atoms with Crippen LogP contribution < -0.4 is 0 Å². The summed E-state index contributed by atoms with van der Waals surface area (Å²) in [5.74, 6) is 0.995. The molecular formula is C23H44. The topological polar surface area (TPSA) is 0 Å². The van der Waals surface area contributed by atoms with E-state index in [1.54, 1.807) is 0 Å². The Bertz CT molecular complexity index is 228. The first kappa shape index (κ1) is 22.7. The van der Waals surface area contributed by atoms with Crippen LogP contribution in [0.2, 0.25) is 0 Å². The van der Waals surface area contributed by atoms with Crippen LogP contribution in [-0.2, 0) is 0 Å². The molecule has 0 aliphatic heterocycles. The van der Waals surface area contributed by atoms with Crippen LogP contribution in [0, 0.1) is 19.8 Å². The van der Waals surface area contributed by atoms with Crippen molar-refractivity contribution in [2.24, 2.45) is 5.92 Å². The van der Waals surface area contributed by atoms with E-state index in [0.29, 0.717) is 0 Å². The Balaban J connectivity index is 3.52. The largest absolute Gasteiger partial charge is 0.0885 e. The third-order valence-electron chi connectivity index (χ3n) is 4.83. The van der Waals surface area contributed by atoms with Crippen molar-refractivity contribution in [1.82, 2.24) is 0 Å². The molecule has 0 aromatic rings. The van der Waals surface area contributed by atoms with Crippen LogP contribution in [0.15, 0.2) is 12.2 Å². The monoisotopic (exact) mass is 320 g/mol. The van der Waals surface area contributed by atoms with E-state index in [2.05, 4.69) is 32.9 Å². The molecule has 23 heavy (non-hydrogen) atoms. The molecule has 2 radical (unpaired) electrons. The van der Waals surface area contributed by atoms with Crippen LogP contribution in [0.4, 0.5) is 0 Å². The molecule has 136 valence electrons. The van der Waals surface area contributed by atoms with Gasteiger partial charge in [-0.3, -0.25) is 0 Å². The Morgan fingerprint density at radius 1 is 0.609 bits per heavy atom. The Morgan fingerprint density at radius 3 is 1.74 bits per heavy atom. The maximum absolute atomic E-state index is 3.92. The highest BCUT2D eigenvalue weighted by Crippen LogP contribution is 2.22. The Morgan fingerprint density at radius 2 is 1.13 bits per heavy atom. The molecule has 0 N–H and O–H groups in total. The van der Waals surface area contributed by atoms with Gasteiger partial charge in [0.2, 0.25) is 0 Å². The quantitative estimate of drug-likeness (QED) is 0.175. The van der Waals surface area contributed by atoms with Crippen LogP contribution in [0.3, 0.4) is 0 Å². The summed E-state index contributed by atoms with van der Waals surface area (Å²) in [7, 11) is 0. The second-order valence-electron chi connectivity index (χ2n) is 7.17. The van der Waals surface area contributed by atoms with Crippen molar-refractivity contribution in [3.05, 3.63) is 26.0 Å². The van der Waals surface area contributed by atoms with Gasteiger partial charge >= 0.3 is 0 Å². The van der Waals surface area contributed by atoms with E-state index >= 15 is 0 Å². The van der Waals surface area contributed by atoms with E-state index < -0.39 is 0 Å². The minimum absolute atomic E-state index is 0.995. The number of rotatable bonds is 18. The summed E-state index contributed by atoms with van der Waals surface area (Å²) in [5, 5.41) is 0. The van der Waals surface area contributed by atoms with E-state index in [1.807, 2.05) is 0 Å². The van der Waals surface area contributed by atoms with Gasteiger partial charge in [-0.25, -0.2) is 0 Å². The van der Waals surface area contributed by atoms with Gasteiger partial charge in [0.1, 0.15) is 0 Å². The van der Waals surface area contributed by atoms with Gasteiger partial charge in [0.15, 0.2) is 0 Å². The molecule has 0 heterocycles. The highest BCUT2D eigenvalue weighted by molar-refractivity contribution is 4.81. The van der Waals surface area contributed by atoms with Crippen LogP contribution >= 0.6 is 0 Å². The first-order chi connectivity index (χ1) is 11.3. The number of hydrogen-bond donors (Lipinski definition) is 0. The Kier molecular flexibility index (Phi) is 19.6. The van der Waals surface area contributed by atoms with Gasteiger partial charge in [-0.15, -0.1) is 0 Å². The first-order valence-corrected chi connectivity index (χ1v) is 10.6. The lowest BCUT2D eigenvalue weighted by molar-refractivity contribution is 0.381. The maximum Gasteiger partial charge on any atom is -0.0351 e. The summed E-state index contributed by atoms with van der Waals surface area (Å²) in [6, 6.07) is 0. The molecule has 0 aliphatic carbocycles. The molecule has 0 aliphatic rings. The predicted octanol–water partition coefficient (Wildman–Crippen LogP) is 8.48. The molecule has 0 nitrogen and oxygen atoms in total. The lowest BCUT2D eigenvalue weighted by Crippen LogP contribution is -2.00. The molecule has 0 rings (SSSR count). The van der Waals surface area contributed by atoms with Crippen LogP contribution in [0.5, 0.6) is 0 Å². The minimum atomic E-state index is 0.995. The average molecular weight is 321 g/mol. The molecule has 0 spiro atoms. The summed E-state index contributed by atoms with van der Waals surface area (Å²) in [6.45, 7) is 10.1. The number of hydrogen-bond acceptors (Lipinski definition) is 0. The SMILES string of the molecule is [CH2]CCCC=CCCCCC(CCC)CCCCCCCC[CH2]. The van der Waals surface area contributed by atoms with Crippen molar-refractivity contribution in [3.8, 4) is 0 Å². The number of allylic oxidation sites excluding steroid dienone is 2. The summed E-state index contributed by atoms with van der Waals surface area (Å²) < 4.78 is 0. The average Bonchev–Trinajstić information content (AvgIpc) is 2.56. The summed E-state index contributed by atoms with van der Waals surface area (Å²) in [5.41, 5.74) is 0. The molecule has 0 amide bonds. The third-order valence-corrected chi connectivity index (χ3v) is 4.83. The van der Waals surface area contributed by atoms with Crippen molar-refractivity contribution in [2.45, 2.75) is 116 Å². The summed E-state index contributed by atoms with van der Waals surface area (Å²) in [6.07, 6.45) is 27.7. The molecule has 1 unspecified atom stereocenters. The van der Waals surface area contributed by atoms with Crippen molar-refractivity contribution < 1.29 is 0 Å². The van der Waals surface area contributed by atoms with Gasteiger partial charge in [-0.05, 0) is 31.6 Å². The molecular weight excluding hydrogens is 276 g/mol. The van der Waals surface area contributed by atoms with Crippen molar-refractivity contribution in [2.75, 3.05) is 0 Å². The molecule has 0 saturated heterocycles.